The Hall–Kier alpha value is -1.95. The number of amides is 1. The van der Waals surface area contributed by atoms with Gasteiger partial charge in [0.25, 0.3) is 0 Å². The van der Waals surface area contributed by atoms with Crippen LogP contribution in [0.4, 0.5) is 0 Å². The van der Waals surface area contributed by atoms with E-state index in [0.29, 0.717) is 10.6 Å². The molecular formula is C15H18N4OS. The molecule has 6 heteroatoms. The van der Waals surface area contributed by atoms with Gasteiger partial charge in [0.1, 0.15) is 6.54 Å². The Labute approximate surface area is 128 Å². The number of carbonyl (C=O) groups is 1. The first-order valence-corrected chi connectivity index (χ1v) is 7.65. The Morgan fingerprint density at radius 2 is 1.90 bits per heavy atom. The summed E-state index contributed by atoms with van der Waals surface area (Å²) in [5, 5.41) is 7.05. The molecule has 2 heterocycles. The summed E-state index contributed by atoms with van der Waals surface area (Å²) < 4.78 is 2.26. The Morgan fingerprint density at radius 3 is 2.62 bits per heavy atom. The van der Waals surface area contributed by atoms with Gasteiger partial charge in [0.2, 0.25) is 5.91 Å². The Morgan fingerprint density at radius 1 is 1.19 bits per heavy atom. The second kappa shape index (κ2) is 6.22. The SMILES string of the molecule is O=C(Cn1c(-c2ccccc2)n[nH]c1=S)N1CCCCC1. The number of nitrogens with one attached hydrogen (secondary N) is 1. The first-order valence-electron chi connectivity index (χ1n) is 7.24. The summed E-state index contributed by atoms with van der Waals surface area (Å²) in [6, 6.07) is 9.78. The van der Waals surface area contributed by atoms with E-state index in [9.17, 15) is 4.79 Å². The maximum absolute atomic E-state index is 12.4. The van der Waals surface area contributed by atoms with Crippen LogP contribution in [0.3, 0.4) is 0 Å². The molecule has 21 heavy (non-hydrogen) atoms. The fourth-order valence-corrected chi connectivity index (χ4v) is 2.85. The molecule has 0 atom stereocenters. The summed E-state index contributed by atoms with van der Waals surface area (Å²) in [5.41, 5.74) is 0.955. The number of carbonyl (C=O) groups excluding carboxylic acids is 1. The lowest BCUT2D eigenvalue weighted by Crippen LogP contribution is -2.37. The molecule has 0 spiro atoms. The molecule has 1 amide bonds. The van der Waals surface area contributed by atoms with Gasteiger partial charge >= 0.3 is 0 Å². The Balaban J connectivity index is 1.84. The molecule has 110 valence electrons. The van der Waals surface area contributed by atoms with Crippen LogP contribution in [-0.2, 0) is 11.3 Å². The molecular weight excluding hydrogens is 284 g/mol. The van der Waals surface area contributed by atoms with E-state index in [1.54, 1.807) is 4.57 Å². The molecule has 1 fully saturated rings. The van der Waals surface area contributed by atoms with Gasteiger partial charge < -0.3 is 4.90 Å². The summed E-state index contributed by atoms with van der Waals surface area (Å²) in [7, 11) is 0. The number of benzene rings is 1. The van der Waals surface area contributed by atoms with Crippen LogP contribution < -0.4 is 0 Å². The normalized spacial score (nSPS) is 15.1. The van der Waals surface area contributed by atoms with Crippen LogP contribution >= 0.6 is 12.2 Å². The summed E-state index contributed by atoms with van der Waals surface area (Å²) in [5.74, 6) is 0.829. The van der Waals surface area contributed by atoms with Gasteiger partial charge in [-0.05, 0) is 31.5 Å². The molecule has 3 rings (SSSR count). The Bertz CT molecular complexity index is 670. The van der Waals surface area contributed by atoms with Gasteiger partial charge in [-0.2, -0.15) is 5.10 Å². The number of hydrogen-bond donors (Lipinski definition) is 1. The molecule has 1 N–H and O–H groups in total. The molecule has 1 aromatic heterocycles. The first kappa shape index (κ1) is 14.0. The standard InChI is InChI=1S/C15H18N4OS/c20-13(18-9-5-2-6-10-18)11-19-14(16-17-15(19)21)12-7-3-1-4-8-12/h1,3-4,7-8H,2,5-6,9-11H2,(H,17,21). The van der Waals surface area contributed by atoms with Crippen molar-refractivity contribution in [1.82, 2.24) is 19.7 Å². The second-order valence-corrected chi connectivity index (χ2v) is 5.63. The molecule has 0 unspecified atom stereocenters. The van der Waals surface area contributed by atoms with Crippen LogP contribution in [0.2, 0.25) is 0 Å². The number of hydrogen-bond acceptors (Lipinski definition) is 3. The van der Waals surface area contributed by atoms with Crippen molar-refractivity contribution in [3.63, 3.8) is 0 Å². The van der Waals surface area contributed by atoms with Gasteiger partial charge in [-0.1, -0.05) is 30.3 Å². The number of piperidine rings is 1. The molecule has 1 saturated heterocycles. The highest BCUT2D eigenvalue weighted by atomic mass is 32.1. The van der Waals surface area contributed by atoms with Crippen molar-refractivity contribution < 1.29 is 4.79 Å². The van der Waals surface area contributed by atoms with Gasteiger partial charge in [0.15, 0.2) is 10.6 Å². The van der Waals surface area contributed by atoms with Crippen molar-refractivity contribution in [3.05, 3.63) is 35.1 Å². The summed E-state index contributed by atoms with van der Waals surface area (Å²) in [6.45, 7) is 1.95. The van der Waals surface area contributed by atoms with Crippen LogP contribution in [0.1, 0.15) is 19.3 Å². The van der Waals surface area contributed by atoms with Gasteiger partial charge in [-0.3, -0.25) is 14.5 Å². The number of aromatic nitrogens is 3. The van der Waals surface area contributed by atoms with E-state index in [0.717, 1.165) is 31.5 Å². The van der Waals surface area contributed by atoms with E-state index < -0.39 is 0 Å². The highest BCUT2D eigenvalue weighted by Crippen LogP contribution is 2.17. The van der Waals surface area contributed by atoms with E-state index in [2.05, 4.69) is 10.2 Å². The minimum Gasteiger partial charge on any atom is -0.341 e. The molecule has 0 saturated carbocycles. The predicted molar refractivity (Wildman–Crippen MR) is 83.3 cm³/mol. The number of aromatic amines is 1. The summed E-state index contributed by atoms with van der Waals surface area (Å²) in [6.07, 6.45) is 3.40. The number of likely N-dealkylation sites (tertiary alicyclic amines) is 1. The smallest absolute Gasteiger partial charge is 0.242 e. The van der Waals surface area contributed by atoms with Crippen LogP contribution in [-0.4, -0.2) is 38.7 Å². The van der Waals surface area contributed by atoms with Crippen molar-refractivity contribution in [2.45, 2.75) is 25.8 Å². The maximum atomic E-state index is 12.4. The maximum Gasteiger partial charge on any atom is 0.242 e. The molecule has 5 nitrogen and oxygen atoms in total. The molecule has 0 bridgehead atoms. The monoisotopic (exact) mass is 302 g/mol. The number of nitrogens with zero attached hydrogens (tertiary/aromatic N) is 3. The van der Waals surface area contributed by atoms with E-state index in [1.165, 1.54) is 6.42 Å². The minimum atomic E-state index is 0.115. The van der Waals surface area contributed by atoms with Crippen molar-refractivity contribution in [3.8, 4) is 11.4 Å². The lowest BCUT2D eigenvalue weighted by molar-refractivity contribution is -0.132. The third-order valence-corrected chi connectivity index (χ3v) is 4.10. The lowest BCUT2D eigenvalue weighted by Gasteiger charge is -2.26. The molecule has 0 radical (unpaired) electrons. The minimum absolute atomic E-state index is 0.115. The van der Waals surface area contributed by atoms with E-state index >= 15 is 0 Å². The number of rotatable bonds is 3. The largest absolute Gasteiger partial charge is 0.341 e. The molecule has 1 aromatic carbocycles. The average molecular weight is 302 g/mol. The van der Waals surface area contributed by atoms with Crippen molar-refractivity contribution in [1.29, 1.82) is 0 Å². The van der Waals surface area contributed by atoms with Crippen LogP contribution in [0.5, 0.6) is 0 Å². The van der Waals surface area contributed by atoms with Gasteiger partial charge in [0.05, 0.1) is 0 Å². The van der Waals surface area contributed by atoms with Crippen LogP contribution in [0.15, 0.2) is 30.3 Å². The fraction of sp³-hybridized carbons (Fsp3) is 0.400. The van der Waals surface area contributed by atoms with Crippen LogP contribution in [0.25, 0.3) is 11.4 Å². The highest BCUT2D eigenvalue weighted by molar-refractivity contribution is 7.71. The van der Waals surface area contributed by atoms with Gasteiger partial charge in [-0.15, -0.1) is 0 Å². The van der Waals surface area contributed by atoms with E-state index in [4.69, 9.17) is 12.2 Å². The fourth-order valence-electron chi connectivity index (χ4n) is 2.65. The van der Waals surface area contributed by atoms with Crippen molar-refractivity contribution in [2.24, 2.45) is 0 Å². The van der Waals surface area contributed by atoms with Crippen molar-refractivity contribution in [2.75, 3.05) is 13.1 Å². The molecule has 0 aliphatic carbocycles. The quantitative estimate of drug-likeness (QED) is 0.887. The molecule has 2 aromatic rings. The summed E-state index contributed by atoms with van der Waals surface area (Å²) >= 11 is 5.27. The zero-order chi connectivity index (χ0) is 14.7. The van der Waals surface area contributed by atoms with E-state index in [-0.39, 0.29) is 12.5 Å². The molecule has 1 aliphatic rings. The van der Waals surface area contributed by atoms with E-state index in [1.807, 2.05) is 35.2 Å². The summed E-state index contributed by atoms with van der Waals surface area (Å²) in [4.78, 5) is 14.3. The van der Waals surface area contributed by atoms with Gasteiger partial charge in [0, 0.05) is 18.7 Å². The zero-order valence-corrected chi connectivity index (χ0v) is 12.6. The third-order valence-electron chi connectivity index (χ3n) is 3.79. The van der Waals surface area contributed by atoms with Gasteiger partial charge in [-0.25, -0.2) is 0 Å². The zero-order valence-electron chi connectivity index (χ0n) is 11.8. The predicted octanol–water partition coefficient (Wildman–Crippen LogP) is 2.62. The van der Waals surface area contributed by atoms with Crippen LogP contribution in [0, 0.1) is 4.77 Å². The topological polar surface area (TPSA) is 53.9 Å². The second-order valence-electron chi connectivity index (χ2n) is 5.25. The average Bonchev–Trinajstić information content (AvgIpc) is 2.90. The number of H-pyrrole nitrogens is 1. The lowest BCUT2D eigenvalue weighted by atomic mass is 10.1. The highest BCUT2D eigenvalue weighted by Gasteiger charge is 2.19. The third kappa shape index (κ3) is 3.05. The van der Waals surface area contributed by atoms with Crippen molar-refractivity contribution >= 4 is 18.1 Å². The first-order chi connectivity index (χ1) is 10.3. The molecule has 1 aliphatic heterocycles. The Kier molecular flexibility index (Phi) is 4.15.